The highest BCUT2D eigenvalue weighted by Crippen LogP contribution is 2.15. The molecule has 2 rings (SSSR count). The summed E-state index contributed by atoms with van der Waals surface area (Å²) in [6.45, 7) is 0. The second kappa shape index (κ2) is 5.63. The number of rotatable bonds is 4. The lowest BCUT2D eigenvalue weighted by molar-refractivity contribution is -0.131. The van der Waals surface area contributed by atoms with Crippen LogP contribution in [0.25, 0.3) is 6.08 Å². The van der Waals surface area contributed by atoms with Crippen LogP contribution in [0.2, 0.25) is 0 Å². The Labute approximate surface area is 109 Å². The van der Waals surface area contributed by atoms with Gasteiger partial charge in [0.2, 0.25) is 5.95 Å². The Morgan fingerprint density at radius 3 is 2.68 bits per heavy atom. The van der Waals surface area contributed by atoms with E-state index in [0.29, 0.717) is 11.5 Å². The van der Waals surface area contributed by atoms with Gasteiger partial charge in [-0.3, -0.25) is 0 Å². The van der Waals surface area contributed by atoms with Crippen LogP contribution in [0.5, 0.6) is 0 Å². The third-order valence-electron chi connectivity index (χ3n) is 2.28. The molecule has 6 heteroatoms. The highest BCUT2D eigenvalue weighted by molar-refractivity contribution is 5.86. The second-order valence-electron chi connectivity index (χ2n) is 3.70. The number of benzene rings is 1. The molecule has 0 spiro atoms. The summed E-state index contributed by atoms with van der Waals surface area (Å²) < 4.78 is 0. The summed E-state index contributed by atoms with van der Waals surface area (Å²) in [5.41, 5.74) is 7.03. The maximum absolute atomic E-state index is 10.4. The zero-order valence-corrected chi connectivity index (χ0v) is 9.95. The molecule has 1 heterocycles. The fraction of sp³-hybridized carbons (Fsp3) is 0. The smallest absolute Gasteiger partial charge is 0.328 e. The third kappa shape index (κ3) is 3.53. The number of nitrogens with one attached hydrogen (secondary N) is 1. The van der Waals surface area contributed by atoms with Crippen molar-refractivity contribution in [1.29, 1.82) is 0 Å². The van der Waals surface area contributed by atoms with Crippen molar-refractivity contribution < 1.29 is 9.90 Å². The largest absolute Gasteiger partial charge is 0.478 e. The van der Waals surface area contributed by atoms with E-state index < -0.39 is 5.97 Å². The summed E-state index contributed by atoms with van der Waals surface area (Å²) in [5, 5.41) is 11.5. The summed E-state index contributed by atoms with van der Waals surface area (Å²) in [6.07, 6.45) is 3.80. The van der Waals surface area contributed by atoms with Crippen LogP contribution in [0.4, 0.5) is 17.5 Å². The van der Waals surface area contributed by atoms with Gasteiger partial charge < -0.3 is 16.2 Å². The molecule has 0 radical (unpaired) electrons. The van der Waals surface area contributed by atoms with Crippen molar-refractivity contribution in [2.45, 2.75) is 0 Å². The van der Waals surface area contributed by atoms with Gasteiger partial charge in [-0.1, -0.05) is 18.2 Å². The van der Waals surface area contributed by atoms with Gasteiger partial charge in [-0.2, -0.15) is 4.98 Å². The number of para-hydroxylation sites is 1. The lowest BCUT2D eigenvalue weighted by atomic mass is 10.3. The van der Waals surface area contributed by atoms with Crippen molar-refractivity contribution in [2.75, 3.05) is 11.1 Å². The summed E-state index contributed by atoms with van der Waals surface area (Å²) in [7, 11) is 0. The zero-order valence-electron chi connectivity index (χ0n) is 9.95. The van der Waals surface area contributed by atoms with Gasteiger partial charge in [0.15, 0.2) is 0 Å². The lowest BCUT2D eigenvalue weighted by Crippen LogP contribution is -2.02. The Hall–Kier alpha value is -2.89. The minimum Gasteiger partial charge on any atom is -0.478 e. The fourth-order valence-electron chi connectivity index (χ4n) is 1.40. The van der Waals surface area contributed by atoms with Crippen molar-refractivity contribution in [3.8, 4) is 0 Å². The van der Waals surface area contributed by atoms with Crippen molar-refractivity contribution >= 4 is 29.5 Å². The molecule has 0 atom stereocenters. The maximum atomic E-state index is 10.4. The average molecular weight is 256 g/mol. The minimum atomic E-state index is -1.05. The van der Waals surface area contributed by atoms with E-state index in [9.17, 15) is 4.79 Å². The number of carbonyl (C=O) groups is 1. The number of aromatic nitrogens is 2. The molecule has 0 amide bonds. The maximum Gasteiger partial charge on any atom is 0.328 e. The van der Waals surface area contributed by atoms with E-state index >= 15 is 0 Å². The van der Waals surface area contributed by atoms with E-state index in [1.54, 1.807) is 0 Å². The minimum absolute atomic E-state index is 0.214. The molecule has 1 aromatic heterocycles. The standard InChI is InChI=1S/C13H12N4O2/c14-12-9(6-7-11(18)19)8-15-13(17-12)16-10-4-2-1-3-5-10/h1-8H,(H,18,19)(H3,14,15,16,17). The van der Waals surface area contributed by atoms with E-state index in [4.69, 9.17) is 10.8 Å². The fourth-order valence-corrected chi connectivity index (χ4v) is 1.40. The molecule has 0 saturated heterocycles. The molecule has 0 fully saturated rings. The molecular weight excluding hydrogens is 244 g/mol. The SMILES string of the molecule is Nc1nc(Nc2ccccc2)ncc1C=CC(=O)O. The summed E-state index contributed by atoms with van der Waals surface area (Å²) in [6, 6.07) is 9.42. The molecule has 0 bridgehead atoms. The molecule has 19 heavy (non-hydrogen) atoms. The van der Waals surface area contributed by atoms with E-state index in [1.807, 2.05) is 30.3 Å². The van der Waals surface area contributed by atoms with Crippen molar-refractivity contribution in [2.24, 2.45) is 0 Å². The van der Waals surface area contributed by atoms with Crippen LogP contribution in [0.1, 0.15) is 5.56 Å². The van der Waals surface area contributed by atoms with Crippen LogP contribution in [0, 0.1) is 0 Å². The molecular formula is C13H12N4O2. The van der Waals surface area contributed by atoms with Crippen LogP contribution in [0.15, 0.2) is 42.6 Å². The van der Waals surface area contributed by atoms with Gasteiger partial charge in [-0.25, -0.2) is 9.78 Å². The number of hydrogen-bond acceptors (Lipinski definition) is 5. The number of aliphatic carboxylic acids is 1. The van der Waals surface area contributed by atoms with Gasteiger partial charge in [0, 0.05) is 23.5 Å². The molecule has 0 aliphatic carbocycles. The van der Waals surface area contributed by atoms with Crippen molar-refractivity contribution in [3.63, 3.8) is 0 Å². The van der Waals surface area contributed by atoms with Gasteiger partial charge in [-0.15, -0.1) is 0 Å². The highest BCUT2D eigenvalue weighted by Gasteiger charge is 2.02. The first-order chi connectivity index (χ1) is 9.15. The second-order valence-corrected chi connectivity index (χ2v) is 3.70. The zero-order chi connectivity index (χ0) is 13.7. The Morgan fingerprint density at radius 1 is 1.32 bits per heavy atom. The van der Waals surface area contributed by atoms with Crippen LogP contribution in [-0.4, -0.2) is 21.0 Å². The third-order valence-corrected chi connectivity index (χ3v) is 2.28. The van der Waals surface area contributed by atoms with Gasteiger partial charge >= 0.3 is 5.97 Å². The average Bonchev–Trinajstić information content (AvgIpc) is 2.39. The van der Waals surface area contributed by atoms with Gasteiger partial charge in [0.1, 0.15) is 5.82 Å². The molecule has 1 aromatic carbocycles. The van der Waals surface area contributed by atoms with Gasteiger partial charge in [0.25, 0.3) is 0 Å². The summed E-state index contributed by atoms with van der Waals surface area (Å²) >= 11 is 0. The predicted octanol–water partition coefficient (Wildman–Crippen LogP) is 1.90. The van der Waals surface area contributed by atoms with Crippen LogP contribution in [-0.2, 0) is 4.79 Å². The number of nitrogens with two attached hydrogens (primary N) is 1. The molecule has 6 nitrogen and oxygen atoms in total. The number of nitrogens with zero attached hydrogens (tertiary/aromatic N) is 2. The Kier molecular flexibility index (Phi) is 3.72. The summed E-state index contributed by atoms with van der Waals surface area (Å²) in [5.74, 6) is -0.479. The van der Waals surface area contributed by atoms with E-state index in [-0.39, 0.29) is 5.82 Å². The quantitative estimate of drug-likeness (QED) is 0.722. The van der Waals surface area contributed by atoms with E-state index in [2.05, 4.69) is 15.3 Å². The Morgan fingerprint density at radius 2 is 2.05 bits per heavy atom. The number of carboxylic acids is 1. The van der Waals surface area contributed by atoms with Crippen LogP contribution < -0.4 is 11.1 Å². The molecule has 0 unspecified atom stereocenters. The van der Waals surface area contributed by atoms with E-state index in [0.717, 1.165) is 11.8 Å². The molecule has 2 aromatic rings. The van der Waals surface area contributed by atoms with Crippen molar-refractivity contribution in [3.05, 3.63) is 48.2 Å². The number of nitrogen functional groups attached to an aromatic ring is 1. The normalized spacial score (nSPS) is 10.5. The first-order valence-corrected chi connectivity index (χ1v) is 5.51. The monoisotopic (exact) mass is 256 g/mol. The highest BCUT2D eigenvalue weighted by atomic mass is 16.4. The molecule has 96 valence electrons. The van der Waals surface area contributed by atoms with Crippen LogP contribution >= 0.6 is 0 Å². The first-order valence-electron chi connectivity index (χ1n) is 5.51. The molecule has 0 aliphatic heterocycles. The van der Waals surface area contributed by atoms with Gasteiger partial charge in [0.05, 0.1) is 0 Å². The Balaban J connectivity index is 2.17. The molecule has 0 saturated carbocycles. The first kappa shape index (κ1) is 12.6. The number of carboxylic acid groups (broad SMARTS) is 1. The molecule has 4 N–H and O–H groups in total. The lowest BCUT2D eigenvalue weighted by Gasteiger charge is -2.06. The van der Waals surface area contributed by atoms with Crippen molar-refractivity contribution in [1.82, 2.24) is 9.97 Å². The number of anilines is 3. The molecule has 0 aliphatic rings. The predicted molar refractivity (Wildman–Crippen MR) is 72.8 cm³/mol. The van der Waals surface area contributed by atoms with Gasteiger partial charge in [-0.05, 0) is 18.2 Å². The van der Waals surface area contributed by atoms with Crippen LogP contribution in [0.3, 0.4) is 0 Å². The number of hydrogen-bond donors (Lipinski definition) is 3. The van der Waals surface area contributed by atoms with E-state index in [1.165, 1.54) is 12.3 Å². The Bertz CT molecular complexity index is 611. The topological polar surface area (TPSA) is 101 Å². The summed E-state index contributed by atoms with van der Waals surface area (Å²) in [4.78, 5) is 18.5.